The van der Waals surface area contributed by atoms with Crippen molar-refractivity contribution in [2.75, 3.05) is 6.54 Å². The van der Waals surface area contributed by atoms with Gasteiger partial charge in [0.2, 0.25) is 5.91 Å². The molecule has 0 bridgehead atoms. The molecule has 3 rings (SSSR count). The Bertz CT molecular complexity index is 1170. The number of carbonyl (C=O) groups excluding carboxylic acids is 1. The molecular weight excluding hydrogens is 374 g/mol. The first-order chi connectivity index (χ1) is 13.7. The number of fused-ring (bicyclic) bond motifs is 2. The van der Waals surface area contributed by atoms with Gasteiger partial charge >= 0.3 is 11.6 Å². The van der Waals surface area contributed by atoms with Gasteiger partial charge in [-0.05, 0) is 57.7 Å². The Balaban J connectivity index is 1.86. The number of carboxylic acids is 1. The third-order valence-electron chi connectivity index (χ3n) is 5.44. The molecule has 0 aliphatic carbocycles. The van der Waals surface area contributed by atoms with Crippen LogP contribution in [0.4, 0.5) is 0 Å². The number of rotatable bonds is 7. The lowest BCUT2D eigenvalue weighted by atomic mass is 9.98. The summed E-state index contributed by atoms with van der Waals surface area (Å²) in [5, 5.41) is 13.1. The Morgan fingerprint density at radius 3 is 2.31 bits per heavy atom. The highest BCUT2D eigenvalue weighted by atomic mass is 16.4. The number of carbonyl (C=O) groups is 2. The number of aryl methyl sites for hydroxylation is 4. The van der Waals surface area contributed by atoms with Gasteiger partial charge in [-0.15, -0.1) is 0 Å². The minimum atomic E-state index is -0.893. The van der Waals surface area contributed by atoms with Crippen molar-refractivity contribution >= 4 is 33.8 Å². The van der Waals surface area contributed by atoms with Crippen LogP contribution < -0.4 is 10.9 Å². The molecule has 0 aliphatic heterocycles. The first-order valence-electron chi connectivity index (χ1n) is 9.64. The van der Waals surface area contributed by atoms with Crippen molar-refractivity contribution in [3.63, 3.8) is 0 Å². The second-order valence-electron chi connectivity index (χ2n) is 7.38. The normalized spacial score (nSPS) is 11.3. The van der Waals surface area contributed by atoms with Crippen LogP contribution in [0.5, 0.6) is 0 Å². The maximum Gasteiger partial charge on any atom is 0.339 e. The molecular formula is C22H25NO6. The van der Waals surface area contributed by atoms with E-state index in [-0.39, 0.29) is 25.2 Å². The van der Waals surface area contributed by atoms with E-state index < -0.39 is 11.6 Å². The number of amides is 1. The molecule has 3 aromatic rings. The first-order valence-corrected chi connectivity index (χ1v) is 9.64. The standard InChI is InChI=1S/C22H25NO6/c1-11-14(4)28-20-13(3)21-17(10-16(11)20)12(2)15(22(27)29-21)7-8-18(24)23-9-5-6-19(25)26/h10H,5-9H2,1-4H3,(H,23,24)(H,25,26). The molecule has 0 fully saturated rings. The quantitative estimate of drug-likeness (QED) is 0.463. The summed E-state index contributed by atoms with van der Waals surface area (Å²) >= 11 is 0. The third-order valence-corrected chi connectivity index (χ3v) is 5.44. The van der Waals surface area contributed by atoms with E-state index >= 15 is 0 Å². The van der Waals surface area contributed by atoms with Crippen molar-refractivity contribution in [2.24, 2.45) is 0 Å². The van der Waals surface area contributed by atoms with E-state index in [1.165, 1.54) is 0 Å². The summed E-state index contributed by atoms with van der Waals surface area (Å²) in [6.07, 6.45) is 0.774. The summed E-state index contributed by atoms with van der Waals surface area (Å²) < 4.78 is 11.4. The predicted octanol–water partition coefficient (Wildman–Crippen LogP) is 3.69. The van der Waals surface area contributed by atoms with Gasteiger partial charge in [0.1, 0.15) is 16.9 Å². The highest BCUT2D eigenvalue weighted by Gasteiger charge is 2.19. The molecule has 0 saturated carbocycles. The Morgan fingerprint density at radius 2 is 1.62 bits per heavy atom. The Kier molecular flexibility index (Phi) is 5.77. The topological polar surface area (TPSA) is 110 Å². The van der Waals surface area contributed by atoms with E-state index in [0.29, 0.717) is 24.1 Å². The Labute approximate surface area is 167 Å². The van der Waals surface area contributed by atoms with Crippen LogP contribution in [-0.2, 0) is 16.0 Å². The minimum Gasteiger partial charge on any atom is -0.481 e. The van der Waals surface area contributed by atoms with Crippen LogP contribution in [0, 0.1) is 27.7 Å². The van der Waals surface area contributed by atoms with Gasteiger partial charge < -0.3 is 19.3 Å². The highest BCUT2D eigenvalue weighted by molar-refractivity contribution is 6.00. The monoisotopic (exact) mass is 399 g/mol. The van der Waals surface area contributed by atoms with E-state index in [1.54, 1.807) is 0 Å². The lowest BCUT2D eigenvalue weighted by Gasteiger charge is -2.10. The van der Waals surface area contributed by atoms with Crippen molar-refractivity contribution in [2.45, 2.75) is 53.4 Å². The molecule has 7 heteroatoms. The van der Waals surface area contributed by atoms with E-state index in [2.05, 4.69) is 5.32 Å². The molecule has 0 aliphatic rings. The third kappa shape index (κ3) is 4.04. The maximum absolute atomic E-state index is 12.6. The summed E-state index contributed by atoms with van der Waals surface area (Å²) in [5.74, 6) is -0.281. The van der Waals surface area contributed by atoms with Crippen LogP contribution >= 0.6 is 0 Å². The van der Waals surface area contributed by atoms with E-state index in [0.717, 1.165) is 38.8 Å². The molecule has 2 heterocycles. The summed E-state index contributed by atoms with van der Waals surface area (Å²) in [6.45, 7) is 7.94. The van der Waals surface area contributed by atoms with Gasteiger partial charge in [0.05, 0.1) is 0 Å². The van der Waals surface area contributed by atoms with Crippen molar-refractivity contribution in [3.8, 4) is 0 Å². The van der Waals surface area contributed by atoms with Crippen LogP contribution in [-0.4, -0.2) is 23.5 Å². The number of hydrogen-bond donors (Lipinski definition) is 2. The fraction of sp³-hybridized carbons (Fsp3) is 0.409. The molecule has 29 heavy (non-hydrogen) atoms. The number of hydrogen-bond acceptors (Lipinski definition) is 5. The van der Waals surface area contributed by atoms with Gasteiger partial charge in [0.15, 0.2) is 0 Å². The van der Waals surface area contributed by atoms with Gasteiger partial charge in [-0.2, -0.15) is 0 Å². The fourth-order valence-electron chi connectivity index (χ4n) is 3.58. The highest BCUT2D eigenvalue weighted by Crippen LogP contribution is 2.34. The van der Waals surface area contributed by atoms with Crippen LogP contribution in [0.3, 0.4) is 0 Å². The van der Waals surface area contributed by atoms with Crippen molar-refractivity contribution < 1.29 is 23.5 Å². The summed E-state index contributed by atoms with van der Waals surface area (Å²) in [4.78, 5) is 35.1. The van der Waals surface area contributed by atoms with Gasteiger partial charge in [-0.25, -0.2) is 4.79 Å². The van der Waals surface area contributed by atoms with Crippen molar-refractivity contribution in [3.05, 3.63) is 44.5 Å². The fourth-order valence-corrected chi connectivity index (χ4v) is 3.58. The van der Waals surface area contributed by atoms with Gasteiger partial charge in [-0.3, -0.25) is 9.59 Å². The second-order valence-corrected chi connectivity index (χ2v) is 7.38. The zero-order chi connectivity index (χ0) is 21.3. The maximum atomic E-state index is 12.6. The summed E-state index contributed by atoms with van der Waals surface area (Å²) in [6, 6.07) is 1.98. The van der Waals surface area contributed by atoms with Crippen LogP contribution in [0.15, 0.2) is 19.7 Å². The van der Waals surface area contributed by atoms with Crippen LogP contribution in [0.25, 0.3) is 21.9 Å². The zero-order valence-electron chi connectivity index (χ0n) is 17.1. The average molecular weight is 399 g/mol. The molecule has 2 N–H and O–H groups in total. The van der Waals surface area contributed by atoms with Crippen molar-refractivity contribution in [1.29, 1.82) is 0 Å². The number of carboxylic acid groups (broad SMARTS) is 1. The predicted molar refractivity (Wildman–Crippen MR) is 109 cm³/mol. The first kappa shape index (κ1) is 20.6. The van der Waals surface area contributed by atoms with Crippen LogP contribution in [0.1, 0.15) is 47.3 Å². The Hall–Kier alpha value is -3.09. The molecule has 1 amide bonds. The molecule has 7 nitrogen and oxygen atoms in total. The smallest absolute Gasteiger partial charge is 0.339 e. The summed E-state index contributed by atoms with van der Waals surface area (Å²) in [5.41, 5.74) is 3.91. The lowest BCUT2D eigenvalue weighted by Crippen LogP contribution is -2.26. The van der Waals surface area contributed by atoms with Crippen LogP contribution in [0.2, 0.25) is 0 Å². The minimum absolute atomic E-state index is 0.00831. The second kappa shape index (κ2) is 8.11. The molecule has 0 saturated heterocycles. The largest absolute Gasteiger partial charge is 0.481 e. The molecule has 0 radical (unpaired) electrons. The molecule has 1 aromatic carbocycles. The number of nitrogens with one attached hydrogen (secondary N) is 1. The SMILES string of the molecule is Cc1oc2c(C)c3oc(=O)c(CCC(=O)NCCCC(=O)O)c(C)c3cc2c1C. The van der Waals surface area contributed by atoms with E-state index in [1.807, 2.05) is 33.8 Å². The molecule has 0 atom stereocenters. The summed E-state index contributed by atoms with van der Waals surface area (Å²) in [7, 11) is 0. The van der Waals surface area contributed by atoms with E-state index in [9.17, 15) is 14.4 Å². The Morgan fingerprint density at radius 1 is 0.966 bits per heavy atom. The van der Waals surface area contributed by atoms with Gasteiger partial charge in [0, 0.05) is 41.3 Å². The molecule has 2 aromatic heterocycles. The van der Waals surface area contributed by atoms with Gasteiger partial charge in [0.25, 0.3) is 0 Å². The molecule has 0 spiro atoms. The van der Waals surface area contributed by atoms with Crippen molar-refractivity contribution in [1.82, 2.24) is 5.32 Å². The average Bonchev–Trinajstić information content (AvgIpc) is 2.95. The molecule has 0 unspecified atom stereocenters. The zero-order valence-corrected chi connectivity index (χ0v) is 17.1. The number of furan rings is 1. The number of benzene rings is 1. The van der Waals surface area contributed by atoms with E-state index in [4.69, 9.17) is 13.9 Å². The molecule has 154 valence electrons. The number of aliphatic carboxylic acids is 1. The lowest BCUT2D eigenvalue weighted by molar-refractivity contribution is -0.137. The van der Waals surface area contributed by atoms with Gasteiger partial charge in [-0.1, -0.05) is 0 Å².